The molecule has 7 heteroatoms. The number of benzene rings is 2. The number of carbonyl (C=O) groups excluding carboxylic acids is 2. The Kier molecular flexibility index (Phi) is 4.36. The van der Waals surface area contributed by atoms with Gasteiger partial charge in [-0.1, -0.05) is 11.6 Å². The first-order chi connectivity index (χ1) is 12.9. The molecular weight excluding hydrogens is 366 g/mol. The molecule has 0 radical (unpaired) electrons. The molecule has 0 spiro atoms. The Morgan fingerprint density at radius 2 is 2.07 bits per heavy atom. The highest BCUT2D eigenvalue weighted by Crippen LogP contribution is 2.29. The number of nitrogens with zero attached hydrogens (tertiary/aromatic N) is 2. The van der Waals surface area contributed by atoms with Crippen molar-refractivity contribution in [3.63, 3.8) is 0 Å². The summed E-state index contributed by atoms with van der Waals surface area (Å²) in [5.41, 5.74) is 3.68. The van der Waals surface area contributed by atoms with Crippen LogP contribution in [0.1, 0.15) is 17.9 Å². The normalized spacial score (nSPS) is 16.9. The predicted octanol–water partition coefficient (Wildman–Crippen LogP) is 4.09. The Morgan fingerprint density at radius 3 is 2.85 bits per heavy atom. The number of rotatable bonds is 3. The van der Waals surface area contributed by atoms with Crippen LogP contribution in [0.5, 0.6) is 0 Å². The molecule has 3 aromatic rings. The second-order valence-electron chi connectivity index (χ2n) is 6.74. The molecule has 0 aliphatic carbocycles. The SMILES string of the molecule is Cc1nc2cc(N3C[C@H](C(=O)Nc4ccc(Cl)cc4C)CC3=O)ccc2o1. The van der Waals surface area contributed by atoms with Crippen LogP contribution in [0.25, 0.3) is 11.1 Å². The summed E-state index contributed by atoms with van der Waals surface area (Å²) in [4.78, 5) is 31.0. The molecule has 0 bridgehead atoms. The molecule has 2 amide bonds. The number of carbonyl (C=O) groups is 2. The summed E-state index contributed by atoms with van der Waals surface area (Å²) in [5, 5.41) is 3.52. The van der Waals surface area contributed by atoms with Crippen LogP contribution in [0, 0.1) is 19.8 Å². The molecule has 2 heterocycles. The quantitative estimate of drug-likeness (QED) is 0.739. The van der Waals surface area contributed by atoms with Gasteiger partial charge >= 0.3 is 0 Å². The van der Waals surface area contributed by atoms with E-state index in [4.69, 9.17) is 16.0 Å². The zero-order valence-corrected chi connectivity index (χ0v) is 15.7. The summed E-state index contributed by atoms with van der Waals surface area (Å²) in [6.07, 6.45) is 0.175. The molecule has 27 heavy (non-hydrogen) atoms. The summed E-state index contributed by atoms with van der Waals surface area (Å²) in [6, 6.07) is 10.7. The van der Waals surface area contributed by atoms with Crippen LogP contribution in [-0.2, 0) is 9.59 Å². The maximum atomic E-state index is 12.6. The first-order valence-corrected chi connectivity index (χ1v) is 9.03. The fraction of sp³-hybridized carbons (Fsp3) is 0.250. The van der Waals surface area contributed by atoms with Crippen LogP contribution < -0.4 is 10.2 Å². The van der Waals surface area contributed by atoms with Gasteiger partial charge in [0.25, 0.3) is 0 Å². The number of nitrogens with one attached hydrogen (secondary N) is 1. The Balaban J connectivity index is 1.51. The van der Waals surface area contributed by atoms with Gasteiger partial charge in [-0.2, -0.15) is 0 Å². The van der Waals surface area contributed by atoms with Crippen molar-refractivity contribution in [3.8, 4) is 0 Å². The van der Waals surface area contributed by atoms with Crippen molar-refractivity contribution < 1.29 is 14.0 Å². The average molecular weight is 384 g/mol. The molecule has 1 N–H and O–H groups in total. The lowest BCUT2D eigenvalue weighted by atomic mass is 10.1. The van der Waals surface area contributed by atoms with E-state index in [0.717, 1.165) is 11.3 Å². The maximum Gasteiger partial charge on any atom is 0.229 e. The Hall–Kier alpha value is -2.86. The van der Waals surface area contributed by atoms with Crippen molar-refractivity contribution in [1.29, 1.82) is 0 Å². The van der Waals surface area contributed by atoms with Crippen molar-refractivity contribution in [3.05, 3.63) is 52.9 Å². The van der Waals surface area contributed by atoms with Gasteiger partial charge in [-0.3, -0.25) is 9.59 Å². The predicted molar refractivity (Wildman–Crippen MR) is 104 cm³/mol. The number of anilines is 2. The van der Waals surface area contributed by atoms with Gasteiger partial charge in [0.05, 0.1) is 5.92 Å². The standard InChI is InChI=1S/C20H18ClN3O3/c1-11-7-14(21)3-5-16(11)23-20(26)13-8-19(25)24(10-13)15-4-6-18-17(9-15)22-12(2)27-18/h3-7,9,13H,8,10H2,1-2H3,(H,23,26)/t13-/m1/s1. The zero-order chi connectivity index (χ0) is 19.1. The van der Waals surface area contributed by atoms with Gasteiger partial charge in [-0.15, -0.1) is 0 Å². The minimum atomic E-state index is -0.415. The van der Waals surface area contributed by atoms with Crippen molar-refractivity contribution in [2.45, 2.75) is 20.3 Å². The minimum Gasteiger partial charge on any atom is -0.441 e. The largest absolute Gasteiger partial charge is 0.441 e. The van der Waals surface area contributed by atoms with Crippen molar-refractivity contribution >= 4 is 45.9 Å². The molecule has 1 atom stereocenters. The van der Waals surface area contributed by atoms with E-state index in [1.165, 1.54) is 0 Å². The number of aromatic nitrogens is 1. The summed E-state index contributed by atoms with van der Waals surface area (Å²) >= 11 is 5.95. The van der Waals surface area contributed by atoms with Gasteiger partial charge in [-0.25, -0.2) is 4.98 Å². The van der Waals surface area contributed by atoms with Gasteiger partial charge in [0.15, 0.2) is 11.5 Å². The molecule has 2 aromatic carbocycles. The molecule has 0 saturated carbocycles. The molecule has 0 unspecified atom stereocenters. The van der Waals surface area contributed by atoms with Crippen LogP contribution in [0.3, 0.4) is 0 Å². The Labute approximate surface area is 161 Å². The molecule has 6 nitrogen and oxygen atoms in total. The lowest BCUT2D eigenvalue weighted by Crippen LogP contribution is -2.28. The van der Waals surface area contributed by atoms with Gasteiger partial charge < -0.3 is 14.6 Å². The molecule has 1 saturated heterocycles. The lowest BCUT2D eigenvalue weighted by Gasteiger charge is -2.17. The molecule has 4 rings (SSSR count). The van der Waals surface area contributed by atoms with Crippen molar-refractivity contribution in [2.75, 3.05) is 16.8 Å². The van der Waals surface area contributed by atoms with Gasteiger partial charge in [0, 0.05) is 36.3 Å². The number of hydrogen-bond acceptors (Lipinski definition) is 4. The minimum absolute atomic E-state index is 0.0810. The summed E-state index contributed by atoms with van der Waals surface area (Å²) < 4.78 is 5.47. The number of halogens is 1. The fourth-order valence-electron chi connectivity index (χ4n) is 3.33. The third kappa shape index (κ3) is 3.40. The van der Waals surface area contributed by atoms with Crippen LogP contribution >= 0.6 is 11.6 Å². The van der Waals surface area contributed by atoms with E-state index < -0.39 is 5.92 Å². The second-order valence-corrected chi connectivity index (χ2v) is 7.18. The first kappa shape index (κ1) is 17.5. The molecule has 1 aliphatic heterocycles. The lowest BCUT2D eigenvalue weighted by molar-refractivity contribution is -0.122. The fourth-order valence-corrected chi connectivity index (χ4v) is 3.56. The number of oxazole rings is 1. The molecule has 1 fully saturated rings. The highest BCUT2D eigenvalue weighted by molar-refractivity contribution is 6.30. The van der Waals surface area contributed by atoms with Crippen LogP contribution in [0.15, 0.2) is 40.8 Å². The Morgan fingerprint density at radius 1 is 1.26 bits per heavy atom. The Bertz CT molecular complexity index is 1060. The van der Waals surface area contributed by atoms with E-state index in [1.54, 1.807) is 36.1 Å². The van der Waals surface area contributed by atoms with Crippen molar-refractivity contribution in [1.82, 2.24) is 4.98 Å². The third-order valence-electron chi connectivity index (χ3n) is 4.73. The first-order valence-electron chi connectivity index (χ1n) is 8.65. The second kappa shape index (κ2) is 6.70. The number of amides is 2. The maximum absolute atomic E-state index is 12.6. The smallest absolute Gasteiger partial charge is 0.229 e. The molecule has 1 aromatic heterocycles. The van der Waals surface area contributed by atoms with E-state index in [9.17, 15) is 9.59 Å². The monoisotopic (exact) mass is 383 g/mol. The van der Waals surface area contributed by atoms with E-state index in [1.807, 2.05) is 19.1 Å². The molecular formula is C20H18ClN3O3. The summed E-state index contributed by atoms with van der Waals surface area (Å²) in [7, 11) is 0. The van der Waals surface area contributed by atoms with Crippen LogP contribution in [0.2, 0.25) is 5.02 Å². The van der Waals surface area contributed by atoms with E-state index in [-0.39, 0.29) is 18.2 Å². The van der Waals surface area contributed by atoms with Gasteiger partial charge in [-0.05, 0) is 48.9 Å². The molecule has 1 aliphatic rings. The van der Waals surface area contributed by atoms with E-state index in [2.05, 4.69) is 10.3 Å². The third-order valence-corrected chi connectivity index (χ3v) is 4.97. The van der Waals surface area contributed by atoms with E-state index >= 15 is 0 Å². The summed E-state index contributed by atoms with van der Waals surface area (Å²) in [5.74, 6) is -0.0926. The average Bonchev–Trinajstić information content (AvgIpc) is 3.18. The van der Waals surface area contributed by atoms with Crippen LogP contribution in [0.4, 0.5) is 11.4 Å². The topological polar surface area (TPSA) is 75.4 Å². The highest BCUT2D eigenvalue weighted by atomic mass is 35.5. The zero-order valence-electron chi connectivity index (χ0n) is 15.0. The van der Waals surface area contributed by atoms with Crippen molar-refractivity contribution in [2.24, 2.45) is 5.92 Å². The number of hydrogen-bond donors (Lipinski definition) is 1. The number of fused-ring (bicyclic) bond motifs is 1. The van der Waals surface area contributed by atoms with Crippen LogP contribution in [-0.4, -0.2) is 23.3 Å². The summed E-state index contributed by atoms with van der Waals surface area (Å²) in [6.45, 7) is 3.99. The van der Waals surface area contributed by atoms with Gasteiger partial charge in [0.2, 0.25) is 11.8 Å². The van der Waals surface area contributed by atoms with E-state index in [0.29, 0.717) is 34.2 Å². The number of aryl methyl sites for hydroxylation is 2. The highest BCUT2D eigenvalue weighted by Gasteiger charge is 2.35. The molecule has 138 valence electrons. The van der Waals surface area contributed by atoms with Gasteiger partial charge in [0.1, 0.15) is 5.52 Å².